The van der Waals surface area contributed by atoms with Gasteiger partial charge in [-0.3, -0.25) is 29.0 Å². The topological polar surface area (TPSA) is 145 Å². The molecular weight excluding hydrogens is 745 g/mol. The van der Waals surface area contributed by atoms with Crippen molar-refractivity contribution in [3.8, 4) is 0 Å². The number of ether oxygens (including phenoxy) is 2. The molecule has 54 heavy (non-hydrogen) atoms. The van der Waals surface area contributed by atoms with E-state index in [1.54, 1.807) is 30.0 Å². The zero-order chi connectivity index (χ0) is 39.1. The predicted octanol–water partition coefficient (Wildman–Crippen LogP) is 8.34. The molecule has 0 unspecified atom stereocenters. The monoisotopic (exact) mass is 798 g/mol. The molecule has 0 N–H and O–H groups in total. The first-order valence-corrected chi connectivity index (χ1v) is 21.4. The molecule has 1 fully saturated rings. The number of carbonyl (C=O) groups is 4. The van der Waals surface area contributed by atoms with E-state index in [0.29, 0.717) is 47.4 Å². The second kappa shape index (κ2) is 25.2. The van der Waals surface area contributed by atoms with Crippen molar-refractivity contribution < 1.29 is 28.7 Å². The van der Waals surface area contributed by atoms with Gasteiger partial charge in [0.15, 0.2) is 13.5 Å². The van der Waals surface area contributed by atoms with Gasteiger partial charge in [0.25, 0.3) is 0 Å². The smallest absolute Gasteiger partial charge is 0.307 e. The van der Waals surface area contributed by atoms with Crippen LogP contribution in [0.3, 0.4) is 0 Å². The first-order valence-electron chi connectivity index (χ1n) is 18.6. The summed E-state index contributed by atoms with van der Waals surface area (Å²) in [5.41, 5.74) is 1.59. The molecule has 0 aliphatic heterocycles. The number of nitrogens with zero attached hydrogens (tertiary/aromatic N) is 6. The maximum atomic E-state index is 13.6. The van der Waals surface area contributed by atoms with Crippen LogP contribution in [0.5, 0.6) is 0 Å². The average Bonchev–Trinajstić information content (AvgIpc) is 3.84. The largest absolute Gasteiger partial charge is 0.444 e. The molecule has 1 saturated carbocycles. The van der Waals surface area contributed by atoms with Gasteiger partial charge in [0, 0.05) is 25.7 Å². The van der Waals surface area contributed by atoms with Crippen LogP contribution in [0.2, 0.25) is 0 Å². The van der Waals surface area contributed by atoms with Gasteiger partial charge in [-0.2, -0.15) is 11.8 Å². The molecule has 0 aromatic carbocycles. The molecule has 2 heterocycles. The Kier molecular flexibility index (Phi) is 20.7. The predicted molar refractivity (Wildman–Crippen MR) is 218 cm³/mol. The van der Waals surface area contributed by atoms with Crippen LogP contribution in [0, 0.1) is 5.92 Å². The Bertz CT molecular complexity index is 1630. The molecule has 3 rings (SSSR count). The van der Waals surface area contributed by atoms with Gasteiger partial charge in [0.05, 0.1) is 12.8 Å². The van der Waals surface area contributed by atoms with Crippen molar-refractivity contribution in [2.24, 2.45) is 5.92 Å². The zero-order valence-corrected chi connectivity index (χ0v) is 34.3. The number of carbonyl (C=O) groups excluding carboxylic acids is 4. The number of anilines is 2. The van der Waals surface area contributed by atoms with Crippen LogP contribution in [-0.2, 0) is 41.5 Å². The second-order valence-corrected chi connectivity index (χ2v) is 16.0. The van der Waals surface area contributed by atoms with E-state index in [1.807, 2.05) is 26.8 Å². The maximum Gasteiger partial charge on any atom is 0.307 e. The third-order valence-electron chi connectivity index (χ3n) is 8.42. The highest BCUT2D eigenvalue weighted by Crippen LogP contribution is 2.27. The molecule has 0 spiro atoms. The lowest BCUT2D eigenvalue weighted by atomic mass is 9.88. The second-order valence-electron chi connectivity index (χ2n) is 12.7. The van der Waals surface area contributed by atoms with Gasteiger partial charge in [-0.15, -0.1) is 20.4 Å². The molecule has 2 aromatic heterocycles. The van der Waals surface area contributed by atoms with E-state index < -0.39 is 0 Å². The van der Waals surface area contributed by atoms with Gasteiger partial charge < -0.3 is 9.47 Å². The quantitative estimate of drug-likeness (QED) is 0.0437. The van der Waals surface area contributed by atoms with Crippen LogP contribution in [0.4, 0.5) is 10.3 Å². The number of rotatable bonds is 24. The Balaban J connectivity index is 1.57. The number of hydrogen-bond acceptors (Lipinski definition) is 13. The summed E-state index contributed by atoms with van der Waals surface area (Å²) in [5, 5.41) is 19.4. The number of aromatic nitrogens is 4. The summed E-state index contributed by atoms with van der Waals surface area (Å²) in [6.07, 6.45) is 20.6. The molecule has 0 saturated heterocycles. The van der Waals surface area contributed by atoms with E-state index in [2.05, 4.69) is 45.7 Å². The summed E-state index contributed by atoms with van der Waals surface area (Å²) in [5.74, 6) is 0.800. The van der Waals surface area contributed by atoms with Crippen molar-refractivity contribution in [1.29, 1.82) is 0 Å². The van der Waals surface area contributed by atoms with Crippen LogP contribution in [-0.4, -0.2) is 69.1 Å². The van der Waals surface area contributed by atoms with Crippen LogP contribution in [0.1, 0.15) is 101 Å². The van der Waals surface area contributed by atoms with Crippen LogP contribution < -0.4 is 9.80 Å². The van der Waals surface area contributed by atoms with Gasteiger partial charge in [-0.25, -0.2) is 0 Å². The van der Waals surface area contributed by atoms with Crippen LogP contribution in [0.25, 0.3) is 0 Å². The van der Waals surface area contributed by atoms with E-state index in [1.165, 1.54) is 64.6 Å². The van der Waals surface area contributed by atoms with Crippen LogP contribution >= 0.6 is 34.4 Å². The molecular formula is C39H54N6O6S3. The highest BCUT2D eigenvalue weighted by molar-refractivity contribution is 7.99. The highest BCUT2D eigenvalue weighted by atomic mass is 32.2. The SMILES string of the molecule is C=C/C=C(\C=C)CC(=O)N(COC(=O)CCC)c1nnc(CCSCCc2nnc(N(COC(=O)CCC)C(=O)CC(/C=C\C3CCCCC3)=C/C)s2)s1. The number of aryl methyl sites for hydroxylation is 2. The van der Waals surface area contributed by atoms with Gasteiger partial charge in [-0.05, 0) is 61.2 Å². The molecule has 294 valence electrons. The van der Waals surface area contributed by atoms with Crippen molar-refractivity contribution in [3.05, 3.63) is 70.8 Å². The minimum Gasteiger partial charge on any atom is -0.444 e. The molecule has 1 aliphatic carbocycles. The number of amides is 2. The van der Waals surface area contributed by atoms with Gasteiger partial charge in [-0.1, -0.05) is 105 Å². The van der Waals surface area contributed by atoms with E-state index in [-0.39, 0.29) is 62.9 Å². The molecule has 2 amide bonds. The molecule has 12 nitrogen and oxygen atoms in total. The summed E-state index contributed by atoms with van der Waals surface area (Å²) in [6.45, 7) is 12.7. The summed E-state index contributed by atoms with van der Waals surface area (Å²) < 4.78 is 10.8. The van der Waals surface area contributed by atoms with E-state index in [9.17, 15) is 19.2 Å². The fraction of sp³-hybridized carbons (Fsp3) is 0.538. The van der Waals surface area contributed by atoms with Crippen molar-refractivity contribution in [1.82, 2.24) is 20.4 Å². The Morgan fingerprint density at radius 3 is 1.78 bits per heavy atom. The third-order valence-corrected chi connectivity index (χ3v) is 11.4. The van der Waals surface area contributed by atoms with E-state index >= 15 is 0 Å². The first-order chi connectivity index (χ1) is 26.2. The lowest BCUT2D eigenvalue weighted by molar-refractivity contribution is -0.145. The lowest BCUT2D eigenvalue weighted by Gasteiger charge is -2.20. The Morgan fingerprint density at radius 1 is 0.796 bits per heavy atom. The summed E-state index contributed by atoms with van der Waals surface area (Å²) >= 11 is 4.31. The Hall–Kier alpha value is -3.95. The van der Waals surface area contributed by atoms with Crippen molar-refractivity contribution in [2.45, 2.75) is 104 Å². The fourth-order valence-corrected chi connectivity index (χ4v) is 8.18. The molecule has 0 radical (unpaired) electrons. The maximum absolute atomic E-state index is 13.6. The van der Waals surface area contributed by atoms with Gasteiger partial charge in [0.1, 0.15) is 10.0 Å². The first kappa shape index (κ1) is 44.4. The standard InChI is InChI=1S/C39H54N6O6S3/c1-6-14-29(9-4)25-34(46)44(27-50-36(48)15-7-2)38-42-40-32(53-38)21-23-52-24-22-33-41-43-39(54-33)45(28-51-37(49)16-8-3)35(47)26-30(10-5)19-20-31-17-12-11-13-18-31/h6,9-10,14,19-20,31H,1,4,7-8,11-13,15-18,21-28H2,2-3,5H3/b20-19-,29-14+,30-10+. The zero-order valence-electron chi connectivity index (χ0n) is 31.8. The van der Waals surface area contributed by atoms with Crippen LogP contribution in [0.15, 0.2) is 60.8 Å². The molecule has 2 aromatic rings. The summed E-state index contributed by atoms with van der Waals surface area (Å²) in [6, 6.07) is 0. The Labute approximate surface area is 331 Å². The summed E-state index contributed by atoms with van der Waals surface area (Å²) in [4.78, 5) is 53.8. The van der Waals surface area contributed by atoms with E-state index in [0.717, 1.165) is 27.1 Å². The normalized spacial score (nSPS) is 13.8. The summed E-state index contributed by atoms with van der Waals surface area (Å²) in [7, 11) is 0. The molecule has 0 atom stereocenters. The van der Waals surface area contributed by atoms with Crippen molar-refractivity contribution in [2.75, 3.05) is 34.8 Å². The molecule has 15 heteroatoms. The highest BCUT2D eigenvalue weighted by Gasteiger charge is 2.24. The van der Waals surface area contributed by atoms with Gasteiger partial charge in [0.2, 0.25) is 22.1 Å². The van der Waals surface area contributed by atoms with Crippen molar-refractivity contribution >= 4 is 68.5 Å². The minimum absolute atomic E-state index is 0.0451. The van der Waals surface area contributed by atoms with Gasteiger partial charge >= 0.3 is 11.9 Å². The number of thioether (sulfide) groups is 1. The minimum atomic E-state index is -0.389. The average molecular weight is 799 g/mol. The fourth-order valence-electron chi connectivity index (χ4n) is 5.36. The lowest BCUT2D eigenvalue weighted by Crippen LogP contribution is -2.34. The number of hydrogen-bond donors (Lipinski definition) is 0. The molecule has 1 aliphatic rings. The number of esters is 2. The number of allylic oxidation sites excluding steroid dienone is 6. The molecule has 0 bridgehead atoms. The van der Waals surface area contributed by atoms with Crippen molar-refractivity contribution in [3.63, 3.8) is 0 Å². The third kappa shape index (κ3) is 15.8. The van der Waals surface area contributed by atoms with E-state index in [4.69, 9.17) is 9.47 Å². The Morgan fingerprint density at radius 2 is 1.31 bits per heavy atom.